The lowest BCUT2D eigenvalue weighted by molar-refractivity contribution is -0.242. The van der Waals surface area contributed by atoms with Crippen LogP contribution in [0.4, 0.5) is 0 Å². The van der Waals surface area contributed by atoms with E-state index in [2.05, 4.69) is 10.2 Å². The van der Waals surface area contributed by atoms with Crippen molar-refractivity contribution in [2.45, 2.75) is 12.8 Å². The molecular formula is C6H12N2O4. The number of rotatable bonds is 6. The van der Waals surface area contributed by atoms with Crippen LogP contribution in [0.3, 0.4) is 0 Å². The van der Waals surface area contributed by atoms with E-state index in [1.54, 1.807) is 0 Å². The first kappa shape index (κ1) is 10.9. The molecular weight excluding hydrogens is 164 g/mol. The minimum atomic E-state index is -0.582. The Morgan fingerprint density at radius 1 is 1.50 bits per heavy atom. The van der Waals surface area contributed by atoms with Crippen molar-refractivity contribution in [2.24, 2.45) is 5.73 Å². The molecule has 4 N–H and O–H groups in total. The number of primary amides is 1. The summed E-state index contributed by atoms with van der Waals surface area (Å²) in [5.41, 5.74) is 4.78. The number of nitrogens with two attached hydrogens (primary N) is 1. The van der Waals surface area contributed by atoms with Crippen molar-refractivity contribution < 1.29 is 19.7 Å². The zero-order chi connectivity index (χ0) is 9.40. The predicted octanol–water partition coefficient (Wildman–Crippen LogP) is -1.14. The van der Waals surface area contributed by atoms with Gasteiger partial charge in [0.15, 0.2) is 0 Å². The molecule has 0 spiro atoms. The maximum Gasteiger partial charge on any atom is 0.236 e. The van der Waals surface area contributed by atoms with E-state index >= 15 is 0 Å². The second-order valence-corrected chi connectivity index (χ2v) is 2.18. The van der Waals surface area contributed by atoms with Gasteiger partial charge in [0, 0.05) is 6.42 Å². The maximum atomic E-state index is 10.8. The largest absolute Gasteiger partial charge is 0.368 e. The van der Waals surface area contributed by atoms with E-state index in [0.717, 1.165) is 0 Å². The fourth-order valence-electron chi connectivity index (χ4n) is 0.571. The zero-order valence-electron chi connectivity index (χ0n) is 6.58. The normalized spacial score (nSPS) is 9.42. The second kappa shape index (κ2) is 6.56. The van der Waals surface area contributed by atoms with Gasteiger partial charge in [-0.15, -0.1) is 0 Å². The third kappa shape index (κ3) is 6.97. The Kier molecular flexibility index (Phi) is 5.94. The number of hydrogen-bond donors (Lipinski definition) is 3. The van der Waals surface area contributed by atoms with E-state index in [4.69, 9.17) is 11.0 Å². The summed E-state index contributed by atoms with van der Waals surface area (Å²) in [4.78, 5) is 24.7. The van der Waals surface area contributed by atoms with Crippen LogP contribution < -0.4 is 11.1 Å². The van der Waals surface area contributed by atoms with E-state index in [1.807, 2.05) is 0 Å². The van der Waals surface area contributed by atoms with Crippen LogP contribution in [-0.2, 0) is 14.5 Å². The van der Waals surface area contributed by atoms with Gasteiger partial charge in [0.2, 0.25) is 11.8 Å². The second-order valence-electron chi connectivity index (χ2n) is 2.18. The molecule has 0 saturated carbocycles. The lowest BCUT2D eigenvalue weighted by Crippen LogP contribution is -2.33. The lowest BCUT2D eigenvalue weighted by atomic mass is 10.3. The highest BCUT2D eigenvalue weighted by molar-refractivity contribution is 5.83. The van der Waals surface area contributed by atoms with Crippen LogP contribution >= 0.6 is 0 Å². The molecule has 0 aliphatic heterocycles. The zero-order valence-corrected chi connectivity index (χ0v) is 6.58. The third-order valence-electron chi connectivity index (χ3n) is 1.10. The smallest absolute Gasteiger partial charge is 0.236 e. The first-order valence-electron chi connectivity index (χ1n) is 3.48. The summed E-state index contributed by atoms with van der Waals surface area (Å²) in [7, 11) is 0. The number of nitrogens with one attached hydrogen (secondary N) is 1. The molecule has 6 heteroatoms. The highest BCUT2D eigenvalue weighted by Gasteiger charge is 2.01. The Bertz CT molecular complexity index is 160. The Morgan fingerprint density at radius 3 is 2.67 bits per heavy atom. The first-order chi connectivity index (χ1) is 5.66. The molecule has 12 heavy (non-hydrogen) atoms. The quantitative estimate of drug-likeness (QED) is 0.270. The van der Waals surface area contributed by atoms with E-state index in [1.165, 1.54) is 0 Å². The van der Waals surface area contributed by atoms with E-state index < -0.39 is 5.91 Å². The maximum absolute atomic E-state index is 10.8. The molecule has 0 radical (unpaired) electrons. The summed E-state index contributed by atoms with van der Waals surface area (Å²) in [6.07, 6.45) is 0.606. The predicted molar refractivity (Wildman–Crippen MR) is 40.0 cm³/mol. The van der Waals surface area contributed by atoms with Gasteiger partial charge < -0.3 is 11.1 Å². The minimum absolute atomic E-state index is 0.101. The fraction of sp³-hybridized carbons (Fsp3) is 0.667. The van der Waals surface area contributed by atoms with Crippen LogP contribution in [0.25, 0.3) is 0 Å². The summed E-state index contributed by atoms with van der Waals surface area (Å²) in [6.45, 7) is -0.0528. The molecule has 0 aliphatic carbocycles. The van der Waals surface area contributed by atoms with Gasteiger partial charge in [-0.25, -0.2) is 4.89 Å². The van der Waals surface area contributed by atoms with E-state index in [9.17, 15) is 9.59 Å². The Labute approximate surface area is 69.6 Å². The molecule has 0 aromatic heterocycles. The molecule has 70 valence electrons. The Hall–Kier alpha value is -1.14. The van der Waals surface area contributed by atoms with Crippen LogP contribution in [0.2, 0.25) is 0 Å². The van der Waals surface area contributed by atoms with Crippen LogP contribution in [0.15, 0.2) is 0 Å². The average Bonchev–Trinajstić information content (AvgIpc) is 2.01. The molecule has 2 amide bonds. The van der Waals surface area contributed by atoms with E-state index in [0.29, 0.717) is 6.42 Å². The summed E-state index contributed by atoms with van der Waals surface area (Å²) in [5.74, 6) is -0.868. The molecule has 0 aromatic rings. The monoisotopic (exact) mass is 176 g/mol. The van der Waals surface area contributed by atoms with Gasteiger partial charge in [-0.1, -0.05) is 0 Å². The topological polar surface area (TPSA) is 102 Å². The third-order valence-corrected chi connectivity index (χ3v) is 1.10. The molecule has 0 unspecified atom stereocenters. The molecule has 0 bridgehead atoms. The van der Waals surface area contributed by atoms with Gasteiger partial charge in [-0.2, -0.15) is 0 Å². The minimum Gasteiger partial charge on any atom is -0.368 e. The van der Waals surface area contributed by atoms with Gasteiger partial charge in [0.05, 0.1) is 13.2 Å². The van der Waals surface area contributed by atoms with Crippen molar-refractivity contribution in [3.63, 3.8) is 0 Å². The van der Waals surface area contributed by atoms with Gasteiger partial charge >= 0.3 is 0 Å². The Morgan fingerprint density at radius 2 is 2.17 bits per heavy atom. The average molecular weight is 176 g/mol. The van der Waals surface area contributed by atoms with Crippen molar-refractivity contribution in [1.29, 1.82) is 0 Å². The van der Waals surface area contributed by atoms with Crippen molar-refractivity contribution in [1.82, 2.24) is 5.32 Å². The summed E-state index contributed by atoms with van der Waals surface area (Å²) in [6, 6.07) is 0. The molecule has 0 heterocycles. The van der Waals surface area contributed by atoms with Gasteiger partial charge in [0.1, 0.15) is 0 Å². The van der Waals surface area contributed by atoms with Crippen molar-refractivity contribution in [3.8, 4) is 0 Å². The molecule has 0 rings (SSSR count). The molecule has 0 fully saturated rings. The fourth-order valence-corrected chi connectivity index (χ4v) is 0.571. The summed E-state index contributed by atoms with van der Waals surface area (Å²) in [5, 5.41) is 10.2. The van der Waals surface area contributed by atoms with Crippen LogP contribution in [0.5, 0.6) is 0 Å². The lowest BCUT2D eigenvalue weighted by Gasteiger charge is -2.00. The standard InChI is InChI=1S/C6H12N2O4/c7-5(9)4-8-6(10)2-1-3-12-11/h11H,1-4H2,(H2,7,9)(H,8,10). The molecule has 0 aromatic carbocycles. The first-order valence-corrected chi connectivity index (χ1v) is 3.48. The van der Waals surface area contributed by atoms with Gasteiger partial charge in [-0.3, -0.25) is 14.8 Å². The van der Waals surface area contributed by atoms with Crippen LogP contribution in [0.1, 0.15) is 12.8 Å². The van der Waals surface area contributed by atoms with Gasteiger partial charge in [-0.05, 0) is 6.42 Å². The number of carbonyl (C=O) groups excluding carboxylic acids is 2. The number of hydrogen-bond acceptors (Lipinski definition) is 4. The Balaban J connectivity index is 3.28. The van der Waals surface area contributed by atoms with Crippen molar-refractivity contribution in [3.05, 3.63) is 0 Å². The molecule has 6 nitrogen and oxygen atoms in total. The van der Waals surface area contributed by atoms with Crippen LogP contribution in [0, 0.1) is 0 Å². The van der Waals surface area contributed by atoms with Crippen molar-refractivity contribution >= 4 is 11.8 Å². The van der Waals surface area contributed by atoms with Gasteiger partial charge in [0.25, 0.3) is 0 Å². The van der Waals surface area contributed by atoms with Crippen LogP contribution in [-0.4, -0.2) is 30.2 Å². The summed E-state index contributed by atoms with van der Waals surface area (Å²) >= 11 is 0. The highest BCUT2D eigenvalue weighted by Crippen LogP contribution is 1.87. The highest BCUT2D eigenvalue weighted by atomic mass is 17.1. The SMILES string of the molecule is NC(=O)CNC(=O)CCCOO. The van der Waals surface area contributed by atoms with E-state index in [-0.39, 0.29) is 25.5 Å². The number of amides is 2. The molecule has 0 atom stereocenters. The number of carbonyl (C=O) groups is 2. The summed E-state index contributed by atoms with van der Waals surface area (Å²) < 4.78 is 0. The van der Waals surface area contributed by atoms with Crippen molar-refractivity contribution in [2.75, 3.05) is 13.2 Å². The molecule has 0 aliphatic rings. The molecule has 0 saturated heterocycles.